The van der Waals surface area contributed by atoms with Gasteiger partial charge in [0, 0.05) is 12.6 Å². The quantitative estimate of drug-likeness (QED) is 0.772. The van der Waals surface area contributed by atoms with Crippen molar-refractivity contribution >= 4 is 11.5 Å². The molecule has 1 aliphatic rings. The van der Waals surface area contributed by atoms with Crippen LogP contribution in [-0.4, -0.2) is 40.6 Å². The van der Waals surface area contributed by atoms with Crippen LogP contribution in [0.5, 0.6) is 5.75 Å². The van der Waals surface area contributed by atoms with Gasteiger partial charge in [0.1, 0.15) is 17.2 Å². The fraction of sp³-hybridized carbons (Fsp3) is 0.333. The molecule has 0 bridgehead atoms. The van der Waals surface area contributed by atoms with Crippen LogP contribution < -0.4 is 15.4 Å². The summed E-state index contributed by atoms with van der Waals surface area (Å²) in [5, 5.41) is 6.94. The molecule has 0 spiro atoms. The Kier molecular flexibility index (Phi) is 4.04. The van der Waals surface area contributed by atoms with Crippen LogP contribution in [0.2, 0.25) is 0 Å². The number of imidazole rings is 1. The number of hydrogen-bond donors (Lipinski definition) is 2. The average molecular weight is 323 g/mol. The van der Waals surface area contributed by atoms with E-state index in [-0.39, 0.29) is 0 Å². The van der Waals surface area contributed by atoms with Crippen molar-refractivity contribution in [2.75, 3.05) is 25.5 Å². The second kappa shape index (κ2) is 6.49. The summed E-state index contributed by atoms with van der Waals surface area (Å²) in [7, 11) is 1.67. The zero-order valence-corrected chi connectivity index (χ0v) is 13.7. The Bertz CT molecular complexity index is 838. The van der Waals surface area contributed by atoms with Crippen molar-refractivity contribution < 1.29 is 4.74 Å². The third-order valence-electron chi connectivity index (χ3n) is 4.37. The van der Waals surface area contributed by atoms with Gasteiger partial charge in [-0.25, -0.2) is 9.97 Å². The van der Waals surface area contributed by atoms with E-state index in [2.05, 4.69) is 15.6 Å². The zero-order valence-electron chi connectivity index (χ0n) is 13.7. The lowest BCUT2D eigenvalue weighted by Gasteiger charge is -2.24. The summed E-state index contributed by atoms with van der Waals surface area (Å²) in [5.41, 5.74) is 2.72. The topological polar surface area (TPSA) is 63.5 Å². The summed E-state index contributed by atoms with van der Waals surface area (Å²) in [4.78, 5) is 9.23. The Balaban J connectivity index is 1.65. The second-order valence-corrected chi connectivity index (χ2v) is 6.04. The van der Waals surface area contributed by atoms with E-state index in [1.807, 2.05) is 47.1 Å². The van der Waals surface area contributed by atoms with Gasteiger partial charge < -0.3 is 15.4 Å². The first-order valence-corrected chi connectivity index (χ1v) is 8.29. The number of ether oxygens (including phenoxy) is 1. The predicted octanol–water partition coefficient (Wildman–Crippen LogP) is 2.57. The molecule has 124 valence electrons. The molecule has 2 N–H and O–H groups in total. The van der Waals surface area contributed by atoms with Crippen LogP contribution in [0, 0.1) is 0 Å². The summed E-state index contributed by atoms with van der Waals surface area (Å²) in [6.07, 6.45) is 6.16. The summed E-state index contributed by atoms with van der Waals surface area (Å²) in [5.74, 6) is 1.70. The Morgan fingerprint density at radius 3 is 3.08 bits per heavy atom. The first-order valence-electron chi connectivity index (χ1n) is 8.29. The molecule has 6 nitrogen and oxygen atoms in total. The van der Waals surface area contributed by atoms with Crippen LogP contribution in [0.1, 0.15) is 12.8 Å². The summed E-state index contributed by atoms with van der Waals surface area (Å²) in [6, 6.07) is 10.3. The molecule has 1 fully saturated rings. The molecule has 0 saturated carbocycles. The molecule has 0 aromatic carbocycles. The highest BCUT2D eigenvalue weighted by Gasteiger charge is 2.14. The van der Waals surface area contributed by atoms with Gasteiger partial charge in [-0.2, -0.15) is 0 Å². The van der Waals surface area contributed by atoms with E-state index in [1.165, 1.54) is 12.8 Å². The van der Waals surface area contributed by atoms with Gasteiger partial charge in [0.05, 0.1) is 30.9 Å². The fourth-order valence-electron chi connectivity index (χ4n) is 3.11. The molecule has 3 aromatic rings. The molecule has 1 unspecified atom stereocenters. The number of aromatic nitrogens is 3. The van der Waals surface area contributed by atoms with E-state index in [1.54, 1.807) is 7.11 Å². The van der Waals surface area contributed by atoms with Gasteiger partial charge in [-0.15, -0.1) is 0 Å². The molecule has 0 aliphatic carbocycles. The molecular weight excluding hydrogens is 302 g/mol. The van der Waals surface area contributed by atoms with Crippen molar-refractivity contribution in [3.8, 4) is 17.1 Å². The molecule has 4 heterocycles. The van der Waals surface area contributed by atoms with Crippen molar-refractivity contribution in [1.82, 2.24) is 19.7 Å². The van der Waals surface area contributed by atoms with Crippen molar-refractivity contribution in [2.24, 2.45) is 0 Å². The number of nitrogens with zero attached hydrogens (tertiary/aromatic N) is 3. The van der Waals surface area contributed by atoms with Crippen molar-refractivity contribution in [2.45, 2.75) is 18.9 Å². The number of rotatable bonds is 4. The monoisotopic (exact) mass is 323 g/mol. The maximum atomic E-state index is 5.32. The normalized spacial score (nSPS) is 17.8. The molecular formula is C18H21N5O. The van der Waals surface area contributed by atoms with E-state index in [9.17, 15) is 0 Å². The van der Waals surface area contributed by atoms with E-state index in [0.29, 0.717) is 6.04 Å². The Labute approximate surface area is 140 Å². The van der Waals surface area contributed by atoms with Gasteiger partial charge in [-0.05, 0) is 43.7 Å². The van der Waals surface area contributed by atoms with Crippen LogP contribution in [0.3, 0.4) is 0 Å². The lowest BCUT2D eigenvalue weighted by atomic mass is 10.1. The minimum Gasteiger partial charge on any atom is -0.495 e. The average Bonchev–Trinajstić information content (AvgIpc) is 3.06. The van der Waals surface area contributed by atoms with Crippen LogP contribution in [-0.2, 0) is 0 Å². The molecule has 1 saturated heterocycles. The lowest BCUT2D eigenvalue weighted by Crippen LogP contribution is -2.38. The highest BCUT2D eigenvalue weighted by atomic mass is 16.5. The first-order chi connectivity index (χ1) is 11.8. The third-order valence-corrected chi connectivity index (χ3v) is 4.37. The molecule has 0 amide bonds. The van der Waals surface area contributed by atoms with E-state index in [0.717, 1.165) is 41.7 Å². The zero-order chi connectivity index (χ0) is 16.4. The smallest absolute Gasteiger partial charge is 0.137 e. The van der Waals surface area contributed by atoms with Gasteiger partial charge in [0.25, 0.3) is 0 Å². The fourth-order valence-corrected chi connectivity index (χ4v) is 3.11. The molecule has 0 radical (unpaired) electrons. The molecule has 4 rings (SSSR count). The van der Waals surface area contributed by atoms with Gasteiger partial charge in [0.2, 0.25) is 0 Å². The lowest BCUT2D eigenvalue weighted by molar-refractivity contribution is 0.412. The first kappa shape index (κ1) is 15.0. The van der Waals surface area contributed by atoms with Crippen LogP contribution in [0.4, 0.5) is 5.82 Å². The van der Waals surface area contributed by atoms with Gasteiger partial charge >= 0.3 is 0 Å². The summed E-state index contributed by atoms with van der Waals surface area (Å²) < 4.78 is 7.33. The molecule has 6 heteroatoms. The minimum absolute atomic E-state index is 0.434. The van der Waals surface area contributed by atoms with Crippen LogP contribution in [0.15, 0.2) is 42.7 Å². The van der Waals surface area contributed by atoms with E-state index >= 15 is 0 Å². The number of hydrogen-bond acceptors (Lipinski definition) is 5. The van der Waals surface area contributed by atoms with Crippen molar-refractivity contribution in [3.05, 3.63) is 42.7 Å². The second-order valence-electron chi connectivity index (χ2n) is 6.04. The summed E-state index contributed by atoms with van der Waals surface area (Å²) in [6.45, 7) is 2.09. The highest BCUT2D eigenvalue weighted by Crippen LogP contribution is 2.23. The number of pyridine rings is 2. The maximum Gasteiger partial charge on any atom is 0.137 e. The van der Waals surface area contributed by atoms with E-state index in [4.69, 9.17) is 9.72 Å². The minimum atomic E-state index is 0.434. The summed E-state index contributed by atoms with van der Waals surface area (Å²) >= 11 is 0. The number of piperidine rings is 1. The highest BCUT2D eigenvalue weighted by molar-refractivity contribution is 5.62. The number of fused-ring (bicyclic) bond motifs is 1. The van der Waals surface area contributed by atoms with E-state index < -0.39 is 0 Å². The maximum absolute atomic E-state index is 5.32. The largest absolute Gasteiger partial charge is 0.495 e. The Morgan fingerprint density at radius 1 is 1.29 bits per heavy atom. The molecule has 1 atom stereocenters. The van der Waals surface area contributed by atoms with Gasteiger partial charge in [0.15, 0.2) is 0 Å². The number of methoxy groups -OCH3 is 1. The SMILES string of the molecule is COc1ccc2ncc(-c3cccc(NC4CCCNC4)n3)n2c1. The molecule has 24 heavy (non-hydrogen) atoms. The predicted molar refractivity (Wildman–Crippen MR) is 94.5 cm³/mol. The Morgan fingerprint density at radius 2 is 2.25 bits per heavy atom. The van der Waals surface area contributed by atoms with Crippen molar-refractivity contribution in [1.29, 1.82) is 0 Å². The van der Waals surface area contributed by atoms with Crippen LogP contribution in [0.25, 0.3) is 17.0 Å². The standard InChI is InChI=1S/C18H21N5O/c1-24-14-7-8-18-20-11-16(23(18)12-14)15-5-2-6-17(22-15)21-13-4-3-9-19-10-13/h2,5-8,11-13,19H,3-4,9-10H2,1H3,(H,21,22). The third kappa shape index (κ3) is 2.92. The van der Waals surface area contributed by atoms with Crippen LogP contribution >= 0.6 is 0 Å². The molecule has 3 aromatic heterocycles. The van der Waals surface area contributed by atoms with Gasteiger partial charge in [-0.1, -0.05) is 6.07 Å². The number of nitrogens with one attached hydrogen (secondary N) is 2. The van der Waals surface area contributed by atoms with Gasteiger partial charge in [-0.3, -0.25) is 4.40 Å². The molecule has 1 aliphatic heterocycles. The number of anilines is 1. The Hall–Kier alpha value is -2.60. The van der Waals surface area contributed by atoms with Crippen molar-refractivity contribution in [3.63, 3.8) is 0 Å².